The van der Waals surface area contributed by atoms with E-state index in [1.54, 1.807) is 0 Å². The van der Waals surface area contributed by atoms with Gasteiger partial charge >= 0.3 is 0 Å². The Labute approximate surface area is 343 Å². The Hall–Kier alpha value is -7.10. The van der Waals surface area contributed by atoms with Gasteiger partial charge in [0.15, 0.2) is 5.58 Å². The molecule has 0 aliphatic heterocycles. The minimum Gasteiger partial charge on any atom is -0.436 e. The average molecular weight is 757 g/mol. The van der Waals surface area contributed by atoms with Gasteiger partial charge < -0.3 is 4.42 Å². The topological polar surface area (TPSA) is 38.9 Å². The standard InChI is InChI=1S/C56H40N2O/c1-55(2)46-17-9-7-14-38(46)40-27-25-35(29-48(40)55)43-31-45-44(36-26-28-41-39-15-8-10-18-47(39)56(3,4)49(41)30-36)32-51(57-53(45)42-16-6-5-13-37(42)43)33-21-23-34(24-22-33)54-58-50-19-11-12-20-52(50)59-54/h5-32H,1-4H3. The van der Waals surface area contributed by atoms with Gasteiger partial charge in [-0.1, -0.05) is 149 Å². The first-order valence-electron chi connectivity index (χ1n) is 20.6. The van der Waals surface area contributed by atoms with Crippen LogP contribution in [0.4, 0.5) is 0 Å². The molecule has 12 rings (SSSR count). The fourth-order valence-corrected chi connectivity index (χ4v) is 10.2. The first kappa shape index (κ1) is 34.0. The van der Waals surface area contributed by atoms with Crippen LogP contribution in [-0.2, 0) is 10.8 Å². The average Bonchev–Trinajstić information content (AvgIpc) is 3.89. The summed E-state index contributed by atoms with van der Waals surface area (Å²) in [6.45, 7) is 9.43. The van der Waals surface area contributed by atoms with Crippen molar-refractivity contribution in [1.29, 1.82) is 0 Å². The van der Waals surface area contributed by atoms with Crippen molar-refractivity contribution in [3.63, 3.8) is 0 Å². The first-order chi connectivity index (χ1) is 28.7. The summed E-state index contributed by atoms with van der Waals surface area (Å²) in [5.74, 6) is 0.615. The van der Waals surface area contributed by atoms with E-state index < -0.39 is 0 Å². The number of fused-ring (bicyclic) bond motifs is 10. The maximum Gasteiger partial charge on any atom is 0.227 e. The minimum atomic E-state index is -0.124. The van der Waals surface area contributed by atoms with Gasteiger partial charge in [-0.05, 0) is 121 Å². The van der Waals surface area contributed by atoms with Crippen LogP contribution in [0.3, 0.4) is 0 Å². The summed E-state index contributed by atoms with van der Waals surface area (Å²) in [5, 5.41) is 3.48. The van der Waals surface area contributed by atoms with Crippen LogP contribution in [0.15, 0.2) is 174 Å². The van der Waals surface area contributed by atoms with Crippen molar-refractivity contribution in [2.45, 2.75) is 38.5 Å². The van der Waals surface area contributed by atoms with Crippen LogP contribution in [0.1, 0.15) is 49.9 Å². The zero-order chi connectivity index (χ0) is 39.6. The summed E-state index contributed by atoms with van der Waals surface area (Å²) in [6.07, 6.45) is 0. The van der Waals surface area contributed by atoms with E-state index in [0.717, 1.165) is 44.2 Å². The smallest absolute Gasteiger partial charge is 0.227 e. The van der Waals surface area contributed by atoms with Crippen LogP contribution in [0.2, 0.25) is 0 Å². The normalized spacial score (nSPS) is 14.4. The number of benzene rings is 8. The molecule has 2 aromatic heterocycles. The number of oxazole rings is 1. The summed E-state index contributed by atoms with van der Waals surface area (Å²) < 4.78 is 6.13. The fourth-order valence-electron chi connectivity index (χ4n) is 10.2. The Morgan fingerprint density at radius 2 is 0.881 bits per heavy atom. The van der Waals surface area contributed by atoms with Gasteiger partial charge in [0.1, 0.15) is 5.52 Å². The highest BCUT2D eigenvalue weighted by atomic mass is 16.3. The van der Waals surface area contributed by atoms with E-state index in [4.69, 9.17) is 14.4 Å². The summed E-state index contributed by atoms with van der Waals surface area (Å²) in [6, 6.07) is 61.8. The number of para-hydroxylation sites is 2. The largest absolute Gasteiger partial charge is 0.436 e. The summed E-state index contributed by atoms with van der Waals surface area (Å²) in [4.78, 5) is 10.3. The molecular formula is C56H40N2O. The van der Waals surface area contributed by atoms with Crippen LogP contribution in [0, 0.1) is 0 Å². The second-order valence-corrected chi connectivity index (χ2v) is 17.3. The third-order valence-corrected chi connectivity index (χ3v) is 13.3. The monoisotopic (exact) mass is 756 g/mol. The molecule has 0 spiro atoms. The maximum atomic E-state index is 6.13. The molecule has 0 saturated heterocycles. The molecule has 2 aliphatic rings. The quantitative estimate of drug-likeness (QED) is 0.168. The molecule has 3 nitrogen and oxygen atoms in total. The van der Waals surface area contributed by atoms with Crippen molar-refractivity contribution in [2.24, 2.45) is 0 Å². The molecule has 0 unspecified atom stereocenters. The highest BCUT2D eigenvalue weighted by Crippen LogP contribution is 2.52. The van der Waals surface area contributed by atoms with Gasteiger partial charge in [-0.2, -0.15) is 0 Å². The first-order valence-corrected chi connectivity index (χ1v) is 20.6. The van der Waals surface area contributed by atoms with E-state index in [-0.39, 0.29) is 10.8 Å². The molecule has 3 heteroatoms. The maximum absolute atomic E-state index is 6.13. The SMILES string of the molecule is CC1(C)c2ccccc2-c2ccc(-c3cc4c(-c5ccc6c(c5)C(C)(C)c5ccccc5-6)cc(-c5ccc(-c6nc7ccccc7o6)cc5)nc4c4ccccc34)cc21. The molecule has 0 atom stereocenters. The van der Waals surface area contributed by atoms with Gasteiger partial charge in [0.05, 0.1) is 11.2 Å². The third kappa shape index (κ3) is 4.94. The van der Waals surface area contributed by atoms with Crippen LogP contribution < -0.4 is 0 Å². The number of aromatic nitrogens is 2. The molecule has 0 fully saturated rings. The molecule has 2 aliphatic carbocycles. The van der Waals surface area contributed by atoms with Crippen LogP contribution >= 0.6 is 0 Å². The second-order valence-electron chi connectivity index (χ2n) is 17.3. The summed E-state index contributed by atoms with van der Waals surface area (Å²) in [5.41, 5.74) is 20.9. The van der Waals surface area contributed by atoms with Crippen LogP contribution in [0.25, 0.3) is 100.0 Å². The number of pyridine rings is 1. The molecule has 2 heterocycles. The lowest BCUT2D eigenvalue weighted by Gasteiger charge is -2.23. The Morgan fingerprint density at radius 3 is 1.53 bits per heavy atom. The van der Waals surface area contributed by atoms with E-state index in [0.29, 0.717) is 5.89 Å². The van der Waals surface area contributed by atoms with Crippen molar-refractivity contribution in [3.8, 4) is 67.2 Å². The molecule has 280 valence electrons. The van der Waals surface area contributed by atoms with Crippen molar-refractivity contribution in [3.05, 3.63) is 192 Å². The molecule has 0 saturated carbocycles. The molecule has 10 aromatic rings. The van der Waals surface area contributed by atoms with Crippen molar-refractivity contribution >= 4 is 32.8 Å². The predicted octanol–water partition coefficient (Wildman–Crippen LogP) is 14.8. The minimum absolute atomic E-state index is 0.0962. The van der Waals surface area contributed by atoms with Crippen molar-refractivity contribution in [2.75, 3.05) is 0 Å². The van der Waals surface area contributed by atoms with Gasteiger partial charge in [0.25, 0.3) is 0 Å². The van der Waals surface area contributed by atoms with Crippen molar-refractivity contribution in [1.82, 2.24) is 9.97 Å². The lowest BCUT2D eigenvalue weighted by Crippen LogP contribution is -2.15. The molecule has 0 bridgehead atoms. The Morgan fingerprint density at radius 1 is 0.373 bits per heavy atom. The number of nitrogens with zero attached hydrogens (tertiary/aromatic N) is 2. The molecule has 0 N–H and O–H groups in total. The van der Waals surface area contributed by atoms with E-state index in [2.05, 4.69) is 173 Å². The van der Waals surface area contributed by atoms with E-state index in [9.17, 15) is 0 Å². The Balaban J connectivity index is 1.08. The lowest BCUT2D eigenvalue weighted by molar-refractivity contribution is 0.620. The fraction of sp³-hybridized carbons (Fsp3) is 0.107. The Bertz CT molecular complexity index is 3350. The van der Waals surface area contributed by atoms with Gasteiger partial charge in [-0.15, -0.1) is 0 Å². The number of hydrogen-bond acceptors (Lipinski definition) is 3. The molecular weight excluding hydrogens is 717 g/mol. The van der Waals surface area contributed by atoms with E-state index in [1.807, 2.05) is 24.3 Å². The zero-order valence-electron chi connectivity index (χ0n) is 33.5. The molecule has 8 aromatic carbocycles. The second kappa shape index (κ2) is 12.2. The van der Waals surface area contributed by atoms with Crippen molar-refractivity contribution < 1.29 is 4.42 Å². The van der Waals surface area contributed by atoms with E-state index in [1.165, 1.54) is 72.1 Å². The van der Waals surface area contributed by atoms with Gasteiger partial charge in [-0.3, -0.25) is 0 Å². The van der Waals surface area contributed by atoms with Gasteiger partial charge in [0.2, 0.25) is 5.89 Å². The highest BCUT2D eigenvalue weighted by molar-refractivity contribution is 6.16. The molecule has 0 radical (unpaired) electrons. The number of rotatable bonds is 4. The van der Waals surface area contributed by atoms with Gasteiger partial charge in [-0.25, -0.2) is 9.97 Å². The summed E-state index contributed by atoms with van der Waals surface area (Å²) >= 11 is 0. The predicted molar refractivity (Wildman–Crippen MR) is 244 cm³/mol. The van der Waals surface area contributed by atoms with Crippen LogP contribution in [-0.4, -0.2) is 9.97 Å². The third-order valence-electron chi connectivity index (χ3n) is 13.3. The zero-order valence-corrected chi connectivity index (χ0v) is 33.5. The lowest BCUT2D eigenvalue weighted by atomic mass is 9.81. The van der Waals surface area contributed by atoms with Crippen LogP contribution in [0.5, 0.6) is 0 Å². The summed E-state index contributed by atoms with van der Waals surface area (Å²) in [7, 11) is 0. The number of hydrogen-bond donors (Lipinski definition) is 0. The van der Waals surface area contributed by atoms with Gasteiger partial charge in [0, 0.05) is 32.7 Å². The Kier molecular flexibility index (Phi) is 7.03. The van der Waals surface area contributed by atoms with E-state index >= 15 is 0 Å². The molecule has 59 heavy (non-hydrogen) atoms. The highest BCUT2D eigenvalue weighted by Gasteiger charge is 2.37. The molecule has 0 amide bonds.